The lowest BCUT2D eigenvalue weighted by molar-refractivity contribution is 0.0900. The number of rotatable bonds is 3. The second-order valence-electron chi connectivity index (χ2n) is 3.48. The minimum absolute atomic E-state index is 0.219. The van der Waals surface area contributed by atoms with Gasteiger partial charge in [-0.25, -0.2) is 4.39 Å². The second kappa shape index (κ2) is 3.87. The molecule has 0 aromatic carbocycles. The number of carbonyl (C=O) groups is 1. The SMILES string of the molecule is CC(C)(CF)NC(=O)c1ccsc1. The minimum atomic E-state index is -0.779. The Morgan fingerprint density at radius 2 is 2.38 bits per heavy atom. The van der Waals surface area contributed by atoms with E-state index >= 15 is 0 Å². The zero-order chi connectivity index (χ0) is 9.90. The van der Waals surface area contributed by atoms with Crippen molar-refractivity contribution >= 4 is 17.2 Å². The molecule has 13 heavy (non-hydrogen) atoms. The topological polar surface area (TPSA) is 29.1 Å². The quantitative estimate of drug-likeness (QED) is 0.798. The monoisotopic (exact) mass is 201 g/mol. The van der Waals surface area contributed by atoms with Gasteiger partial charge >= 0.3 is 0 Å². The highest BCUT2D eigenvalue weighted by atomic mass is 32.1. The summed E-state index contributed by atoms with van der Waals surface area (Å²) in [6.45, 7) is 2.73. The third kappa shape index (κ3) is 2.81. The van der Waals surface area contributed by atoms with Gasteiger partial charge in [0.2, 0.25) is 0 Å². The number of carbonyl (C=O) groups excluding carboxylic acids is 1. The van der Waals surface area contributed by atoms with Gasteiger partial charge in [0.05, 0.1) is 11.1 Å². The molecule has 0 atom stereocenters. The summed E-state index contributed by atoms with van der Waals surface area (Å²) < 4.78 is 12.4. The van der Waals surface area contributed by atoms with Crippen molar-refractivity contribution in [1.29, 1.82) is 0 Å². The summed E-state index contributed by atoms with van der Waals surface area (Å²) in [7, 11) is 0. The number of hydrogen-bond donors (Lipinski definition) is 1. The van der Waals surface area contributed by atoms with Crippen molar-refractivity contribution in [3.8, 4) is 0 Å². The molecule has 1 heterocycles. The standard InChI is InChI=1S/C9H12FNOS/c1-9(2,6-10)11-8(12)7-3-4-13-5-7/h3-5H,6H2,1-2H3,(H,11,12). The Kier molecular flexibility index (Phi) is 3.03. The van der Waals surface area contributed by atoms with Crippen molar-refractivity contribution in [1.82, 2.24) is 5.32 Å². The maximum Gasteiger partial charge on any atom is 0.252 e. The number of alkyl halides is 1. The summed E-state index contributed by atoms with van der Waals surface area (Å²) in [6.07, 6.45) is 0. The maximum absolute atomic E-state index is 12.4. The molecule has 0 fully saturated rings. The maximum atomic E-state index is 12.4. The molecule has 72 valence electrons. The molecule has 0 saturated heterocycles. The molecule has 0 unspecified atom stereocenters. The van der Waals surface area contributed by atoms with Crippen LogP contribution in [-0.2, 0) is 0 Å². The molecule has 4 heteroatoms. The molecular formula is C9H12FNOS. The van der Waals surface area contributed by atoms with Gasteiger partial charge in [0.15, 0.2) is 0 Å². The zero-order valence-electron chi connectivity index (χ0n) is 7.63. The molecule has 0 spiro atoms. The van der Waals surface area contributed by atoms with Gasteiger partial charge in [0.25, 0.3) is 5.91 Å². The van der Waals surface area contributed by atoms with Crippen molar-refractivity contribution < 1.29 is 9.18 Å². The molecule has 0 bridgehead atoms. The van der Waals surface area contributed by atoms with Crippen LogP contribution < -0.4 is 5.32 Å². The predicted molar refractivity (Wildman–Crippen MR) is 51.8 cm³/mol. The lowest BCUT2D eigenvalue weighted by Crippen LogP contribution is -2.45. The van der Waals surface area contributed by atoms with E-state index < -0.39 is 12.2 Å². The van der Waals surface area contributed by atoms with Crippen LogP contribution in [0.1, 0.15) is 24.2 Å². The first-order valence-corrected chi connectivity index (χ1v) is 4.90. The average molecular weight is 201 g/mol. The van der Waals surface area contributed by atoms with Crippen LogP contribution >= 0.6 is 11.3 Å². The van der Waals surface area contributed by atoms with Gasteiger partial charge in [-0.05, 0) is 25.3 Å². The minimum Gasteiger partial charge on any atom is -0.345 e. The Labute approximate surface area is 80.8 Å². The molecular weight excluding hydrogens is 189 g/mol. The van der Waals surface area contributed by atoms with Gasteiger partial charge < -0.3 is 5.32 Å². The van der Waals surface area contributed by atoms with E-state index in [-0.39, 0.29) is 5.91 Å². The van der Waals surface area contributed by atoms with Crippen LogP contribution in [0.4, 0.5) is 4.39 Å². The Balaban J connectivity index is 2.61. The summed E-state index contributed by atoms with van der Waals surface area (Å²) in [5, 5.41) is 6.16. The van der Waals surface area contributed by atoms with Gasteiger partial charge in [-0.3, -0.25) is 4.79 Å². The molecule has 0 aliphatic rings. The number of thiophene rings is 1. The smallest absolute Gasteiger partial charge is 0.252 e. The number of nitrogens with one attached hydrogen (secondary N) is 1. The Morgan fingerprint density at radius 3 is 2.85 bits per heavy atom. The summed E-state index contributed by atoms with van der Waals surface area (Å²) >= 11 is 1.45. The zero-order valence-corrected chi connectivity index (χ0v) is 8.45. The predicted octanol–water partition coefficient (Wildman–Crippen LogP) is 2.23. The van der Waals surface area contributed by atoms with E-state index in [0.29, 0.717) is 5.56 Å². The van der Waals surface area contributed by atoms with Crippen LogP contribution in [-0.4, -0.2) is 18.1 Å². The Hall–Kier alpha value is -0.900. The molecule has 0 radical (unpaired) electrons. The third-order valence-electron chi connectivity index (χ3n) is 1.57. The van der Waals surface area contributed by atoms with Crippen LogP contribution in [0.25, 0.3) is 0 Å². The van der Waals surface area contributed by atoms with E-state index in [0.717, 1.165) is 0 Å². The molecule has 1 rings (SSSR count). The van der Waals surface area contributed by atoms with E-state index in [4.69, 9.17) is 0 Å². The van der Waals surface area contributed by atoms with Crippen LogP contribution in [0.5, 0.6) is 0 Å². The molecule has 0 aliphatic carbocycles. The lowest BCUT2D eigenvalue weighted by Gasteiger charge is -2.21. The lowest BCUT2D eigenvalue weighted by atomic mass is 10.1. The summed E-state index contributed by atoms with van der Waals surface area (Å²) in [6, 6.07) is 1.72. The number of hydrogen-bond acceptors (Lipinski definition) is 2. The Bertz CT molecular complexity index is 282. The molecule has 0 saturated carbocycles. The third-order valence-corrected chi connectivity index (χ3v) is 2.25. The average Bonchev–Trinajstić information content (AvgIpc) is 2.55. The first kappa shape index (κ1) is 10.2. The second-order valence-corrected chi connectivity index (χ2v) is 4.26. The fourth-order valence-corrected chi connectivity index (χ4v) is 1.44. The van der Waals surface area contributed by atoms with Crippen molar-refractivity contribution in [2.45, 2.75) is 19.4 Å². The van der Waals surface area contributed by atoms with Crippen LogP contribution in [0.15, 0.2) is 16.8 Å². The van der Waals surface area contributed by atoms with Crippen LogP contribution in [0.3, 0.4) is 0 Å². The van der Waals surface area contributed by atoms with Gasteiger partial charge in [-0.15, -0.1) is 0 Å². The largest absolute Gasteiger partial charge is 0.345 e. The molecule has 1 N–H and O–H groups in total. The first-order valence-electron chi connectivity index (χ1n) is 3.96. The normalized spacial score (nSPS) is 11.3. The van der Waals surface area contributed by atoms with Gasteiger partial charge in [-0.2, -0.15) is 11.3 Å². The van der Waals surface area contributed by atoms with Gasteiger partial charge in [0.1, 0.15) is 6.67 Å². The van der Waals surface area contributed by atoms with E-state index in [1.165, 1.54) is 11.3 Å². The van der Waals surface area contributed by atoms with Crippen molar-refractivity contribution in [3.05, 3.63) is 22.4 Å². The van der Waals surface area contributed by atoms with E-state index in [1.54, 1.807) is 25.3 Å². The van der Waals surface area contributed by atoms with E-state index in [2.05, 4.69) is 5.32 Å². The van der Waals surface area contributed by atoms with Crippen molar-refractivity contribution in [3.63, 3.8) is 0 Å². The Morgan fingerprint density at radius 1 is 1.69 bits per heavy atom. The van der Waals surface area contributed by atoms with Crippen LogP contribution in [0, 0.1) is 0 Å². The van der Waals surface area contributed by atoms with E-state index in [9.17, 15) is 9.18 Å². The fourth-order valence-electron chi connectivity index (χ4n) is 0.807. The molecule has 1 amide bonds. The first-order chi connectivity index (χ1) is 6.05. The van der Waals surface area contributed by atoms with Crippen molar-refractivity contribution in [2.24, 2.45) is 0 Å². The van der Waals surface area contributed by atoms with E-state index in [1.807, 2.05) is 5.38 Å². The number of halogens is 1. The highest BCUT2D eigenvalue weighted by molar-refractivity contribution is 7.08. The molecule has 0 aliphatic heterocycles. The molecule has 1 aromatic rings. The number of amides is 1. The highest BCUT2D eigenvalue weighted by Gasteiger charge is 2.20. The van der Waals surface area contributed by atoms with Gasteiger partial charge in [0, 0.05) is 5.38 Å². The summed E-state index contributed by atoms with van der Waals surface area (Å²) in [5.41, 5.74) is -0.189. The van der Waals surface area contributed by atoms with Crippen molar-refractivity contribution in [2.75, 3.05) is 6.67 Å². The van der Waals surface area contributed by atoms with Gasteiger partial charge in [-0.1, -0.05) is 0 Å². The summed E-state index contributed by atoms with van der Waals surface area (Å²) in [4.78, 5) is 11.4. The van der Waals surface area contributed by atoms with Crippen LogP contribution in [0.2, 0.25) is 0 Å². The highest BCUT2D eigenvalue weighted by Crippen LogP contribution is 2.09. The molecule has 2 nitrogen and oxygen atoms in total. The molecule has 1 aromatic heterocycles. The fraction of sp³-hybridized carbons (Fsp3) is 0.444. The summed E-state index contributed by atoms with van der Waals surface area (Å²) in [5.74, 6) is -0.219.